The summed E-state index contributed by atoms with van der Waals surface area (Å²) in [5.41, 5.74) is 3.95. The van der Waals surface area contributed by atoms with Crippen LogP contribution in [-0.2, 0) is 25.7 Å². The standard InChI is InChI=1S/C33H36N2O6/c1-22(40-20-23-12-4-3-5-13-23)29(30(36)35-19-11-10-18-33(35,2)31(37)38)34-32(39)41-21-28-26-16-8-6-14-24(26)25-15-7-9-17-27(25)28/h3-9,12-17,22,28-29H,10-11,18-21H2,1-2H3,(H,34,39)(H,37,38). The molecule has 1 fully saturated rings. The average molecular weight is 557 g/mol. The van der Waals surface area contributed by atoms with Crippen molar-refractivity contribution < 1.29 is 29.0 Å². The van der Waals surface area contributed by atoms with Crippen LogP contribution in [0, 0.1) is 0 Å². The van der Waals surface area contributed by atoms with Gasteiger partial charge in [-0.3, -0.25) is 4.79 Å². The number of alkyl carbamates (subject to hydrolysis) is 1. The number of carboxylic acids is 1. The Bertz CT molecular complexity index is 1360. The predicted molar refractivity (Wildman–Crippen MR) is 154 cm³/mol. The second-order valence-electron chi connectivity index (χ2n) is 11.0. The molecule has 3 atom stereocenters. The summed E-state index contributed by atoms with van der Waals surface area (Å²) in [6.45, 7) is 3.88. The molecule has 5 rings (SSSR count). The van der Waals surface area contributed by atoms with E-state index in [-0.39, 0.29) is 25.7 Å². The maximum Gasteiger partial charge on any atom is 0.407 e. The van der Waals surface area contributed by atoms with Gasteiger partial charge in [0.15, 0.2) is 0 Å². The van der Waals surface area contributed by atoms with Crippen molar-refractivity contribution in [3.05, 3.63) is 95.6 Å². The molecule has 0 bridgehead atoms. The summed E-state index contributed by atoms with van der Waals surface area (Å²) in [7, 11) is 0. The Morgan fingerprint density at radius 1 is 0.951 bits per heavy atom. The highest BCUT2D eigenvalue weighted by molar-refractivity contribution is 5.92. The Morgan fingerprint density at radius 2 is 1.56 bits per heavy atom. The first-order valence-corrected chi connectivity index (χ1v) is 14.1. The molecule has 1 aliphatic heterocycles. The lowest BCUT2D eigenvalue weighted by Gasteiger charge is -2.43. The molecule has 1 aliphatic carbocycles. The molecular weight excluding hydrogens is 520 g/mol. The van der Waals surface area contributed by atoms with E-state index >= 15 is 0 Å². The molecule has 0 spiro atoms. The van der Waals surface area contributed by atoms with E-state index in [1.165, 1.54) is 4.90 Å². The van der Waals surface area contributed by atoms with Gasteiger partial charge in [0, 0.05) is 12.5 Å². The van der Waals surface area contributed by atoms with Crippen LogP contribution in [0.5, 0.6) is 0 Å². The highest BCUT2D eigenvalue weighted by Gasteiger charge is 2.47. The zero-order valence-electron chi connectivity index (χ0n) is 23.4. The van der Waals surface area contributed by atoms with Gasteiger partial charge in [0.25, 0.3) is 0 Å². The van der Waals surface area contributed by atoms with Crippen molar-refractivity contribution in [2.45, 2.75) is 63.3 Å². The van der Waals surface area contributed by atoms with Crippen molar-refractivity contribution in [1.82, 2.24) is 10.2 Å². The van der Waals surface area contributed by atoms with E-state index in [0.29, 0.717) is 19.3 Å². The monoisotopic (exact) mass is 556 g/mol. The lowest BCUT2D eigenvalue weighted by atomic mass is 9.87. The van der Waals surface area contributed by atoms with Gasteiger partial charge >= 0.3 is 12.1 Å². The lowest BCUT2D eigenvalue weighted by molar-refractivity contribution is -0.163. The number of piperidine rings is 1. The number of fused-ring (bicyclic) bond motifs is 3. The Morgan fingerprint density at radius 3 is 2.20 bits per heavy atom. The van der Waals surface area contributed by atoms with Crippen molar-refractivity contribution in [3.8, 4) is 11.1 Å². The second kappa shape index (κ2) is 12.1. The van der Waals surface area contributed by atoms with Crippen molar-refractivity contribution in [3.63, 3.8) is 0 Å². The van der Waals surface area contributed by atoms with Gasteiger partial charge in [-0.25, -0.2) is 9.59 Å². The Balaban J connectivity index is 1.33. The molecule has 1 saturated heterocycles. The van der Waals surface area contributed by atoms with Crippen LogP contribution in [0.15, 0.2) is 78.9 Å². The van der Waals surface area contributed by atoms with E-state index in [1.54, 1.807) is 13.8 Å². The minimum absolute atomic E-state index is 0.0938. The number of hydrogen-bond acceptors (Lipinski definition) is 5. The third-order valence-electron chi connectivity index (χ3n) is 8.33. The molecular formula is C33H36N2O6. The van der Waals surface area contributed by atoms with Crippen LogP contribution >= 0.6 is 0 Å². The molecule has 214 valence electrons. The summed E-state index contributed by atoms with van der Waals surface area (Å²) in [5.74, 6) is -1.70. The normalized spacial score (nSPS) is 19.5. The Kier molecular flexibility index (Phi) is 8.40. The number of aliphatic carboxylic acids is 1. The summed E-state index contributed by atoms with van der Waals surface area (Å²) in [6.07, 6.45) is 0.228. The fourth-order valence-electron chi connectivity index (χ4n) is 5.91. The fourth-order valence-corrected chi connectivity index (χ4v) is 5.91. The number of benzene rings is 3. The van der Waals surface area contributed by atoms with Crippen LogP contribution in [0.4, 0.5) is 4.79 Å². The molecule has 8 nitrogen and oxygen atoms in total. The van der Waals surface area contributed by atoms with Crippen molar-refractivity contribution in [2.75, 3.05) is 13.2 Å². The van der Waals surface area contributed by atoms with Crippen LogP contribution in [0.3, 0.4) is 0 Å². The highest BCUT2D eigenvalue weighted by Crippen LogP contribution is 2.44. The van der Waals surface area contributed by atoms with E-state index < -0.39 is 35.7 Å². The maximum absolute atomic E-state index is 13.9. The molecule has 2 amide bonds. The SMILES string of the molecule is CC(OCc1ccccc1)C(NC(=O)OCC1c2ccccc2-c2ccccc21)C(=O)N1CCCCC1(C)C(=O)O. The summed E-state index contributed by atoms with van der Waals surface area (Å²) in [4.78, 5) is 40.7. The van der Waals surface area contributed by atoms with Gasteiger partial charge in [-0.15, -0.1) is 0 Å². The number of rotatable bonds is 9. The van der Waals surface area contributed by atoms with Crippen molar-refractivity contribution in [1.29, 1.82) is 0 Å². The van der Waals surface area contributed by atoms with E-state index in [1.807, 2.05) is 66.7 Å². The molecule has 0 saturated carbocycles. The van der Waals surface area contributed by atoms with Crippen LogP contribution in [0.1, 0.15) is 55.7 Å². The van der Waals surface area contributed by atoms with E-state index in [0.717, 1.165) is 27.8 Å². The number of ether oxygens (including phenoxy) is 2. The zero-order valence-corrected chi connectivity index (χ0v) is 23.4. The summed E-state index contributed by atoms with van der Waals surface area (Å²) in [6, 6.07) is 24.5. The molecule has 0 radical (unpaired) electrons. The van der Waals surface area contributed by atoms with E-state index in [4.69, 9.17) is 9.47 Å². The molecule has 2 N–H and O–H groups in total. The summed E-state index contributed by atoms with van der Waals surface area (Å²) >= 11 is 0. The third kappa shape index (κ3) is 5.84. The molecule has 1 heterocycles. The minimum Gasteiger partial charge on any atom is -0.480 e. The predicted octanol–water partition coefficient (Wildman–Crippen LogP) is 5.35. The first-order valence-electron chi connectivity index (χ1n) is 14.1. The molecule has 41 heavy (non-hydrogen) atoms. The molecule has 3 unspecified atom stereocenters. The summed E-state index contributed by atoms with van der Waals surface area (Å²) < 4.78 is 11.8. The lowest BCUT2D eigenvalue weighted by Crippen LogP contribution is -2.63. The van der Waals surface area contributed by atoms with Gasteiger partial charge in [-0.05, 0) is 60.9 Å². The molecule has 3 aromatic rings. The number of carboxylic acid groups (broad SMARTS) is 1. The van der Waals surface area contributed by atoms with Gasteiger partial charge in [-0.2, -0.15) is 0 Å². The van der Waals surface area contributed by atoms with Crippen LogP contribution in [-0.4, -0.2) is 58.8 Å². The second-order valence-corrected chi connectivity index (χ2v) is 11.0. The fraction of sp³-hybridized carbons (Fsp3) is 0.364. The Hall–Kier alpha value is -4.17. The van der Waals surface area contributed by atoms with Gasteiger partial charge in [0.05, 0.1) is 12.7 Å². The Labute approximate surface area is 240 Å². The first kappa shape index (κ1) is 28.4. The topological polar surface area (TPSA) is 105 Å². The van der Waals surface area contributed by atoms with Gasteiger partial charge in [0.2, 0.25) is 5.91 Å². The highest BCUT2D eigenvalue weighted by atomic mass is 16.5. The van der Waals surface area contributed by atoms with Crippen molar-refractivity contribution in [2.24, 2.45) is 0 Å². The van der Waals surface area contributed by atoms with Crippen LogP contribution < -0.4 is 5.32 Å². The van der Waals surface area contributed by atoms with Crippen LogP contribution in [0.25, 0.3) is 11.1 Å². The quantitative estimate of drug-likeness (QED) is 0.368. The molecule has 8 heteroatoms. The number of hydrogen-bond donors (Lipinski definition) is 2. The average Bonchev–Trinajstić information content (AvgIpc) is 3.31. The largest absolute Gasteiger partial charge is 0.480 e. The van der Waals surface area contributed by atoms with Crippen molar-refractivity contribution >= 4 is 18.0 Å². The summed E-state index contributed by atoms with van der Waals surface area (Å²) in [5, 5.41) is 12.7. The van der Waals surface area contributed by atoms with Gasteiger partial charge in [0.1, 0.15) is 18.2 Å². The molecule has 2 aliphatic rings. The number of amides is 2. The van der Waals surface area contributed by atoms with Crippen LogP contribution in [0.2, 0.25) is 0 Å². The van der Waals surface area contributed by atoms with Gasteiger partial charge < -0.3 is 24.8 Å². The third-order valence-corrected chi connectivity index (χ3v) is 8.33. The minimum atomic E-state index is -1.37. The molecule has 0 aromatic heterocycles. The van der Waals surface area contributed by atoms with Gasteiger partial charge in [-0.1, -0.05) is 78.9 Å². The smallest absolute Gasteiger partial charge is 0.407 e. The van der Waals surface area contributed by atoms with E-state index in [2.05, 4.69) is 17.4 Å². The number of nitrogens with one attached hydrogen (secondary N) is 1. The number of nitrogens with zero attached hydrogens (tertiary/aromatic N) is 1. The number of carbonyl (C=O) groups excluding carboxylic acids is 2. The maximum atomic E-state index is 13.9. The first-order chi connectivity index (χ1) is 19.8. The number of likely N-dealkylation sites (tertiary alicyclic amines) is 1. The zero-order chi connectivity index (χ0) is 29.0. The molecule has 3 aromatic carbocycles. The van der Waals surface area contributed by atoms with E-state index in [9.17, 15) is 19.5 Å². The number of carbonyl (C=O) groups is 3.